The Morgan fingerprint density at radius 3 is 2.90 bits per heavy atom. The Morgan fingerprint density at radius 1 is 1.30 bits per heavy atom. The number of hydrogen-bond acceptors (Lipinski definition) is 3. The molecule has 2 heterocycles. The highest BCUT2D eigenvalue weighted by Crippen LogP contribution is 2.26. The second-order valence-electron chi connectivity index (χ2n) is 4.70. The number of hydrogen-bond donors (Lipinski definition) is 1. The van der Waals surface area contributed by atoms with Gasteiger partial charge in [-0.1, -0.05) is 0 Å². The highest BCUT2D eigenvalue weighted by molar-refractivity contribution is 7.10. The van der Waals surface area contributed by atoms with E-state index in [-0.39, 0.29) is 11.3 Å². The topological polar surface area (TPSA) is 46.3 Å². The van der Waals surface area contributed by atoms with Crippen LogP contribution in [0.5, 0.6) is 0 Å². The molecule has 0 spiro atoms. The van der Waals surface area contributed by atoms with Gasteiger partial charge in [-0.25, -0.2) is 8.78 Å². The largest absolute Gasteiger partial charge is 0.396 e. The molecule has 6 heteroatoms. The summed E-state index contributed by atoms with van der Waals surface area (Å²) in [6.45, 7) is 0.984. The van der Waals surface area contributed by atoms with E-state index in [4.69, 9.17) is 5.73 Å². The Hall–Kier alpha value is -1.95. The van der Waals surface area contributed by atoms with Gasteiger partial charge >= 0.3 is 0 Å². The molecular weight excluding hydrogens is 282 g/mol. The minimum Gasteiger partial charge on any atom is -0.396 e. The number of anilines is 1. The monoisotopic (exact) mass is 294 g/mol. The average molecular weight is 294 g/mol. The van der Waals surface area contributed by atoms with Crippen LogP contribution < -0.4 is 5.73 Å². The molecule has 1 aliphatic heterocycles. The number of thiophene rings is 1. The summed E-state index contributed by atoms with van der Waals surface area (Å²) in [4.78, 5) is 15.1. The summed E-state index contributed by atoms with van der Waals surface area (Å²) in [5, 5.41) is 1.98. The van der Waals surface area contributed by atoms with E-state index in [9.17, 15) is 13.6 Å². The number of amides is 1. The third kappa shape index (κ3) is 2.16. The maximum absolute atomic E-state index is 13.7. The number of nitrogens with zero attached hydrogens (tertiary/aromatic N) is 1. The Labute approximate surface area is 118 Å². The predicted molar refractivity (Wildman–Crippen MR) is 73.5 cm³/mol. The van der Waals surface area contributed by atoms with E-state index in [1.54, 1.807) is 16.2 Å². The molecule has 1 aliphatic rings. The minimum absolute atomic E-state index is 0.178. The molecule has 0 aliphatic carbocycles. The van der Waals surface area contributed by atoms with Crippen LogP contribution in [0.1, 0.15) is 20.8 Å². The average Bonchev–Trinajstić information content (AvgIpc) is 2.89. The first-order valence-electron chi connectivity index (χ1n) is 6.15. The highest BCUT2D eigenvalue weighted by Gasteiger charge is 2.25. The number of rotatable bonds is 1. The second kappa shape index (κ2) is 4.86. The molecule has 0 bridgehead atoms. The van der Waals surface area contributed by atoms with Crippen LogP contribution in [0.15, 0.2) is 23.6 Å². The van der Waals surface area contributed by atoms with Gasteiger partial charge in [0.1, 0.15) is 11.6 Å². The first-order chi connectivity index (χ1) is 9.56. The van der Waals surface area contributed by atoms with E-state index in [0.29, 0.717) is 19.2 Å². The molecule has 2 N–H and O–H groups in total. The highest BCUT2D eigenvalue weighted by atomic mass is 32.1. The van der Waals surface area contributed by atoms with E-state index in [1.807, 2.05) is 11.4 Å². The second-order valence-corrected chi connectivity index (χ2v) is 5.70. The number of nitrogens with two attached hydrogens (primary N) is 1. The van der Waals surface area contributed by atoms with Crippen molar-refractivity contribution in [2.24, 2.45) is 0 Å². The number of carbonyl (C=O) groups is 1. The van der Waals surface area contributed by atoms with Gasteiger partial charge in [-0.3, -0.25) is 4.79 Å². The van der Waals surface area contributed by atoms with E-state index < -0.39 is 17.5 Å². The van der Waals surface area contributed by atoms with Crippen LogP contribution in [-0.4, -0.2) is 17.4 Å². The lowest BCUT2D eigenvalue weighted by atomic mass is 10.1. The fourth-order valence-corrected chi connectivity index (χ4v) is 3.21. The van der Waals surface area contributed by atoms with Crippen molar-refractivity contribution in [1.82, 2.24) is 4.90 Å². The van der Waals surface area contributed by atoms with Crippen molar-refractivity contribution < 1.29 is 13.6 Å². The summed E-state index contributed by atoms with van der Waals surface area (Å²) < 4.78 is 26.9. The van der Waals surface area contributed by atoms with Crippen LogP contribution in [0.3, 0.4) is 0 Å². The lowest BCUT2D eigenvalue weighted by Gasteiger charge is -2.27. The molecule has 20 heavy (non-hydrogen) atoms. The van der Waals surface area contributed by atoms with Crippen molar-refractivity contribution in [3.05, 3.63) is 51.2 Å². The summed E-state index contributed by atoms with van der Waals surface area (Å²) in [5.41, 5.74) is 6.10. The number of fused-ring (bicyclic) bond motifs is 1. The molecule has 3 nitrogen and oxygen atoms in total. The number of nitrogen functional groups attached to an aromatic ring is 1. The molecule has 0 saturated heterocycles. The van der Waals surface area contributed by atoms with Gasteiger partial charge < -0.3 is 10.6 Å². The Balaban J connectivity index is 1.89. The minimum atomic E-state index is -0.877. The van der Waals surface area contributed by atoms with E-state index in [1.165, 1.54) is 4.88 Å². The van der Waals surface area contributed by atoms with Gasteiger partial charge in [-0.15, -0.1) is 11.3 Å². The van der Waals surface area contributed by atoms with Crippen molar-refractivity contribution in [1.29, 1.82) is 0 Å². The fraction of sp³-hybridized carbons (Fsp3) is 0.214. The zero-order chi connectivity index (χ0) is 14.3. The summed E-state index contributed by atoms with van der Waals surface area (Å²) in [5.74, 6) is -2.18. The molecule has 0 fully saturated rings. The van der Waals surface area contributed by atoms with Crippen LogP contribution in [-0.2, 0) is 13.0 Å². The maximum Gasteiger partial charge on any atom is 0.257 e. The molecule has 1 amide bonds. The maximum atomic E-state index is 13.7. The SMILES string of the molecule is Nc1cc(C(=O)N2CCc3sccc3C2)c(F)cc1F. The Kier molecular flexibility index (Phi) is 3.17. The molecule has 3 rings (SSSR count). The van der Waals surface area contributed by atoms with Gasteiger partial charge in [-0.05, 0) is 29.5 Å². The lowest BCUT2D eigenvalue weighted by molar-refractivity contribution is 0.0731. The first kappa shape index (κ1) is 13.1. The molecule has 1 aromatic carbocycles. The summed E-state index contributed by atoms with van der Waals surface area (Å²) in [6, 6.07) is 3.69. The molecule has 0 atom stereocenters. The number of halogens is 2. The van der Waals surface area contributed by atoms with Crippen LogP contribution in [0.25, 0.3) is 0 Å². The van der Waals surface area contributed by atoms with E-state index in [0.717, 1.165) is 18.1 Å². The van der Waals surface area contributed by atoms with Crippen molar-refractivity contribution >= 4 is 22.9 Å². The van der Waals surface area contributed by atoms with Gasteiger partial charge in [0.15, 0.2) is 0 Å². The van der Waals surface area contributed by atoms with Gasteiger partial charge in [-0.2, -0.15) is 0 Å². The Bertz CT molecular complexity index is 684. The molecule has 0 saturated carbocycles. The van der Waals surface area contributed by atoms with E-state index >= 15 is 0 Å². The Morgan fingerprint density at radius 2 is 2.10 bits per heavy atom. The van der Waals surface area contributed by atoms with Gasteiger partial charge in [0.05, 0.1) is 11.3 Å². The normalized spacial score (nSPS) is 14.2. The third-order valence-corrected chi connectivity index (χ3v) is 4.43. The lowest BCUT2D eigenvalue weighted by Crippen LogP contribution is -2.35. The zero-order valence-corrected chi connectivity index (χ0v) is 11.3. The molecule has 0 radical (unpaired) electrons. The molecule has 2 aromatic rings. The quantitative estimate of drug-likeness (QED) is 0.822. The van der Waals surface area contributed by atoms with Gasteiger partial charge in [0.2, 0.25) is 0 Å². The van der Waals surface area contributed by atoms with Crippen LogP contribution in [0, 0.1) is 11.6 Å². The summed E-state index contributed by atoms with van der Waals surface area (Å²) in [6.07, 6.45) is 0.761. The van der Waals surface area contributed by atoms with Crippen LogP contribution >= 0.6 is 11.3 Å². The number of benzene rings is 1. The molecule has 1 aromatic heterocycles. The fourth-order valence-electron chi connectivity index (χ4n) is 2.32. The third-order valence-electron chi connectivity index (χ3n) is 3.41. The molecule has 104 valence electrons. The van der Waals surface area contributed by atoms with Gasteiger partial charge in [0.25, 0.3) is 5.91 Å². The van der Waals surface area contributed by atoms with E-state index in [2.05, 4.69) is 0 Å². The molecule has 0 unspecified atom stereocenters. The molecular formula is C14H12F2N2OS. The van der Waals surface area contributed by atoms with Crippen molar-refractivity contribution in [2.45, 2.75) is 13.0 Å². The van der Waals surface area contributed by atoms with Crippen molar-refractivity contribution in [3.8, 4) is 0 Å². The number of carbonyl (C=O) groups excluding carboxylic acids is 1. The first-order valence-corrected chi connectivity index (χ1v) is 7.03. The van der Waals surface area contributed by atoms with Gasteiger partial charge in [0, 0.05) is 24.0 Å². The summed E-state index contributed by atoms with van der Waals surface area (Å²) in [7, 11) is 0. The zero-order valence-electron chi connectivity index (χ0n) is 10.5. The summed E-state index contributed by atoms with van der Waals surface area (Å²) >= 11 is 1.66. The van der Waals surface area contributed by atoms with Crippen LogP contribution in [0.4, 0.5) is 14.5 Å². The smallest absolute Gasteiger partial charge is 0.257 e. The predicted octanol–water partition coefficient (Wildman–Crippen LogP) is 2.81. The van der Waals surface area contributed by atoms with Crippen molar-refractivity contribution in [3.63, 3.8) is 0 Å². The standard InChI is InChI=1S/C14H12F2N2OS/c15-10-6-11(16)12(17)5-9(10)14(19)18-3-1-13-8(7-18)2-4-20-13/h2,4-6H,1,3,7,17H2. The van der Waals surface area contributed by atoms with Crippen molar-refractivity contribution in [2.75, 3.05) is 12.3 Å². The van der Waals surface area contributed by atoms with Crippen LogP contribution in [0.2, 0.25) is 0 Å².